The lowest BCUT2D eigenvalue weighted by Gasteiger charge is -2.57. The van der Waals surface area contributed by atoms with Gasteiger partial charge in [-0.15, -0.1) is 0 Å². The number of phenolic OH excluding ortho intramolecular Hbond substituents is 4. The van der Waals surface area contributed by atoms with Gasteiger partial charge >= 0.3 is 0 Å². The Hall–Kier alpha value is -3.92. The molecule has 4 fully saturated rings. The first-order valence-corrected chi connectivity index (χ1v) is 13.5. The summed E-state index contributed by atoms with van der Waals surface area (Å²) < 4.78 is 0. The highest BCUT2D eigenvalue weighted by Gasteiger charge is 2.51. The van der Waals surface area contributed by atoms with Crippen LogP contribution in [0.5, 0.6) is 23.0 Å². The molecule has 4 aliphatic carbocycles. The van der Waals surface area contributed by atoms with Gasteiger partial charge in [-0.2, -0.15) is 0 Å². The Bertz CT molecular complexity index is 1240. The van der Waals surface area contributed by atoms with Gasteiger partial charge in [0.25, 0.3) is 0 Å². The zero-order valence-electron chi connectivity index (χ0n) is 21.6. The standard InChI is InChI=1S/C22H24O2.2C6H6O/c23-19-5-6-21(24)20(10-19)17-1-3-18(4-2-17)22-11-14-7-15(12-22)9-16(8-14)13-22;2*7-6-4-2-1-3-5-6/h1-6,10,14-16,23-24H,7-9,11-13H2;2*1-5,7H. The molecule has 4 bridgehead atoms. The van der Waals surface area contributed by atoms with Gasteiger partial charge in [-0.1, -0.05) is 60.7 Å². The molecule has 196 valence electrons. The van der Waals surface area contributed by atoms with Gasteiger partial charge in [0.1, 0.15) is 23.0 Å². The Morgan fingerprint density at radius 1 is 0.500 bits per heavy atom. The smallest absolute Gasteiger partial charge is 0.123 e. The lowest BCUT2D eigenvalue weighted by molar-refractivity contribution is -0.00518. The highest BCUT2D eigenvalue weighted by molar-refractivity contribution is 5.71. The van der Waals surface area contributed by atoms with Crippen molar-refractivity contribution in [1.82, 2.24) is 0 Å². The molecular weight excluding hydrogens is 472 g/mol. The third kappa shape index (κ3) is 5.96. The van der Waals surface area contributed by atoms with Gasteiger partial charge in [-0.3, -0.25) is 0 Å². The lowest BCUT2D eigenvalue weighted by Crippen LogP contribution is -2.48. The Morgan fingerprint density at radius 3 is 1.39 bits per heavy atom. The number of aromatic hydroxyl groups is 4. The van der Waals surface area contributed by atoms with Crippen LogP contribution in [0.2, 0.25) is 0 Å². The summed E-state index contributed by atoms with van der Waals surface area (Å²) in [6.45, 7) is 0. The monoisotopic (exact) mass is 508 g/mol. The molecule has 4 aliphatic rings. The first kappa shape index (κ1) is 25.7. The average molecular weight is 509 g/mol. The molecule has 4 aromatic carbocycles. The molecule has 0 unspecified atom stereocenters. The molecule has 4 nitrogen and oxygen atoms in total. The van der Waals surface area contributed by atoms with Gasteiger partial charge in [0.05, 0.1) is 0 Å². The van der Waals surface area contributed by atoms with Gasteiger partial charge in [-0.05, 0) is 115 Å². The van der Waals surface area contributed by atoms with Crippen LogP contribution in [0.15, 0.2) is 103 Å². The SMILES string of the molecule is Oc1ccc(O)c(-c2ccc(C34CC5CC(CC(C5)C3)C4)cc2)c1.Oc1ccccc1.Oc1ccccc1. The minimum absolute atomic E-state index is 0.188. The molecule has 0 saturated heterocycles. The first-order chi connectivity index (χ1) is 18.4. The lowest BCUT2D eigenvalue weighted by atomic mass is 9.48. The van der Waals surface area contributed by atoms with Crippen LogP contribution < -0.4 is 0 Å². The second-order valence-electron chi connectivity index (χ2n) is 11.1. The van der Waals surface area contributed by atoms with E-state index < -0.39 is 0 Å². The van der Waals surface area contributed by atoms with Gasteiger partial charge in [0.15, 0.2) is 0 Å². The van der Waals surface area contributed by atoms with E-state index in [-0.39, 0.29) is 11.5 Å². The Kier molecular flexibility index (Phi) is 7.59. The van der Waals surface area contributed by atoms with Crippen molar-refractivity contribution in [2.24, 2.45) is 17.8 Å². The molecule has 0 heterocycles. The van der Waals surface area contributed by atoms with Crippen molar-refractivity contribution in [3.05, 3.63) is 109 Å². The maximum Gasteiger partial charge on any atom is 0.123 e. The van der Waals surface area contributed by atoms with E-state index in [1.807, 2.05) is 12.1 Å². The molecule has 4 aromatic rings. The second kappa shape index (κ2) is 11.2. The van der Waals surface area contributed by atoms with Crippen LogP contribution in [0.3, 0.4) is 0 Å². The summed E-state index contributed by atoms with van der Waals surface area (Å²) in [5, 5.41) is 37.0. The van der Waals surface area contributed by atoms with Crippen LogP contribution in [0.25, 0.3) is 11.1 Å². The van der Waals surface area contributed by atoms with Gasteiger partial charge in [-0.25, -0.2) is 0 Å². The molecular formula is C34H36O4. The Labute approximate surface area is 224 Å². The summed E-state index contributed by atoms with van der Waals surface area (Å²) in [6.07, 6.45) is 8.51. The van der Waals surface area contributed by atoms with Crippen LogP contribution in [0.1, 0.15) is 44.1 Å². The van der Waals surface area contributed by atoms with E-state index in [1.165, 1.54) is 50.2 Å². The van der Waals surface area contributed by atoms with E-state index in [1.54, 1.807) is 60.7 Å². The molecule has 0 amide bonds. The van der Waals surface area contributed by atoms with E-state index >= 15 is 0 Å². The third-order valence-corrected chi connectivity index (χ3v) is 8.34. The van der Waals surface area contributed by atoms with E-state index in [0.29, 0.717) is 22.5 Å². The maximum atomic E-state index is 10.1. The highest BCUT2D eigenvalue weighted by atomic mass is 16.3. The molecule has 38 heavy (non-hydrogen) atoms. The predicted molar refractivity (Wildman–Crippen MR) is 151 cm³/mol. The van der Waals surface area contributed by atoms with Crippen molar-refractivity contribution >= 4 is 0 Å². The zero-order chi connectivity index (χ0) is 26.5. The van der Waals surface area contributed by atoms with E-state index in [2.05, 4.69) is 24.3 Å². The molecule has 8 rings (SSSR count). The molecule has 4 N–H and O–H groups in total. The van der Waals surface area contributed by atoms with E-state index in [4.69, 9.17) is 10.2 Å². The topological polar surface area (TPSA) is 80.9 Å². The minimum atomic E-state index is 0.188. The molecule has 0 atom stereocenters. The average Bonchev–Trinajstić information content (AvgIpc) is 2.91. The predicted octanol–water partition coefficient (Wildman–Crippen LogP) is 8.02. The third-order valence-electron chi connectivity index (χ3n) is 8.34. The number of para-hydroxylation sites is 2. The van der Waals surface area contributed by atoms with E-state index in [9.17, 15) is 10.2 Å². The highest BCUT2D eigenvalue weighted by Crippen LogP contribution is 2.60. The summed E-state index contributed by atoms with van der Waals surface area (Å²) in [7, 11) is 0. The van der Waals surface area contributed by atoms with E-state index in [0.717, 1.165) is 23.3 Å². The molecule has 0 aliphatic heterocycles. The second-order valence-corrected chi connectivity index (χ2v) is 11.1. The number of hydrogen-bond donors (Lipinski definition) is 4. The fourth-order valence-electron chi connectivity index (χ4n) is 7.08. The van der Waals surface area contributed by atoms with Gasteiger partial charge in [0.2, 0.25) is 0 Å². The minimum Gasteiger partial charge on any atom is -0.508 e. The summed E-state index contributed by atoms with van der Waals surface area (Å²) in [5.74, 6) is 3.90. The van der Waals surface area contributed by atoms with Crippen LogP contribution in [-0.4, -0.2) is 20.4 Å². The molecule has 0 aromatic heterocycles. The quantitative estimate of drug-likeness (QED) is 0.207. The first-order valence-electron chi connectivity index (χ1n) is 13.5. The van der Waals surface area contributed by atoms with Crippen LogP contribution >= 0.6 is 0 Å². The van der Waals surface area contributed by atoms with Crippen LogP contribution in [-0.2, 0) is 5.41 Å². The van der Waals surface area contributed by atoms with Crippen molar-refractivity contribution in [1.29, 1.82) is 0 Å². The number of rotatable bonds is 2. The fraction of sp³-hybridized carbons (Fsp3) is 0.294. The summed E-state index contributed by atoms with van der Waals surface area (Å²) in [4.78, 5) is 0. The van der Waals surface area contributed by atoms with Crippen LogP contribution in [0.4, 0.5) is 0 Å². The number of phenols is 4. The van der Waals surface area contributed by atoms with Crippen LogP contribution in [0, 0.1) is 17.8 Å². The molecule has 0 spiro atoms. The summed E-state index contributed by atoms with van der Waals surface area (Å²) in [5.41, 5.74) is 3.57. The van der Waals surface area contributed by atoms with Crippen molar-refractivity contribution in [2.75, 3.05) is 0 Å². The van der Waals surface area contributed by atoms with Gasteiger partial charge in [0, 0.05) is 5.56 Å². The number of hydrogen-bond acceptors (Lipinski definition) is 4. The zero-order valence-corrected chi connectivity index (χ0v) is 21.6. The van der Waals surface area contributed by atoms with Crippen molar-refractivity contribution in [3.8, 4) is 34.1 Å². The van der Waals surface area contributed by atoms with Crippen molar-refractivity contribution < 1.29 is 20.4 Å². The largest absolute Gasteiger partial charge is 0.508 e. The summed E-state index contributed by atoms with van der Waals surface area (Å²) in [6, 6.07) is 30.9. The summed E-state index contributed by atoms with van der Waals surface area (Å²) >= 11 is 0. The molecule has 0 radical (unpaired) electrons. The Balaban J connectivity index is 0.000000172. The van der Waals surface area contributed by atoms with Gasteiger partial charge < -0.3 is 20.4 Å². The number of benzene rings is 4. The van der Waals surface area contributed by atoms with Crippen molar-refractivity contribution in [3.63, 3.8) is 0 Å². The van der Waals surface area contributed by atoms with Crippen molar-refractivity contribution in [2.45, 2.75) is 43.9 Å². The Morgan fingerprint density at radius 2 is 0.974 bits per heavy atom. The fourth-order valence-corrected chi connectivity index (χ4v) is 7.08. The molecule has 4 heteroatoms. The molecule has 4 saturated carbocycles. The normalized spacial score (nSPS) is 24.5. The maximum absolute atomic E-state index is 10.1.